The molecule has 0 N–H and O–H groups in total. The maximum absolute atomic E-state index is 12.9. The monoisotopic (exact) mass is 392 g/mol. The lowest BCUT2D eigenvalue weighted by Gasteiger charge is -2.09. The van der Waals surface area contributed by atoms with Crippen molar-refractivity contribution < 1.29 is 13.2 Å². The zero-order valence-electron chi connectivity index (χ0n) is 14.7. The Balaban J connectivity index is 1.58. The van der Waals surface area contributed by atoms with Crippen LogP contribution in [0.15, 0.2) is 67.3 Å². The maximum Gasteiger partial charge on any atom is 0.433 e. The van der Waals surface area contributed by atoms with Crippen LogP contribution in [0.4, 0.5) is 13.2 Å². The van der Waals surface area contributed by atoms with Crippen LogP contribution in [-0.2, 0) is 6.18 Å². The summed E-state index contributed by atoms with van der Waals surface area (Å²) in [5.74, 6) is 0.378. The summed E-state index contributed by atoms with van der Waals surface area (Å²) in [6.45, 7) is 0. The Morgan fingerprint density at radius 2 is 1.62 bits per heavy atom. The lowest BCUT2D eigenvalue weighted by Crippen LogP contribution is -2.08. The lowest BCUT2D eigenvalue weighted by molar-refractivity contribution is -0.140. The third kappa shape index (κ3) is 3.06. The first-order valence-electron chi connectivity index (χ1n) is 8.59. The number of rotatable bonds is 2. The number of benzene rings is 1. The largest absolute Gasteiger partial charge is 0.433 e. The van der Waals surface area contributed by atoms with Gasteiger partial charge in [0.05, 0.1) is 34.6 Å². The summed E-state index contributed by atoms with van der Waals surface area (Å²) in [4.78, 5) is 16.9. The third-order valence-electron chi connectivity index (χ3n) is 4.43. The van der Waals surface area contributed by atoms with E-state index in [2.05, 4.69) is 25.0 Å². The molecule has 142 valence electrons. The summed E-state index contributed by atoms with van der Waals surface area (Å²) in [5.41, 5.74) is 2.12. The molecule has 0 atom stereocenters. The van der Waals surface area contributed by atoms with E-state index in [4.69, 9.17) is 0 Å². The topological polar surface area (TPSA) is 69.4 Å². The Labute approximate surface area is 161 Å². The molecule has 1 aromatic carbocycles. The number of pyridine rings is 2. The summed E-state index contributed by atoms with van der Waals surface area (Å²) in [5, 5.41) is 4.76. The van der Waals surface area contributed by atoms with Crippen molar-refractivity contribution in [2.45, 2.75) is 6.18 Å². The van der Waals surface area contributed by atoms with Crippen molar-refractivity contribution in [2.24, 2.45) is 0 Å². The number of alkyl halides is 3. The Morgan fingerprint density at radius 1 is 0.793 bits per heavy atom. The van der Waals surface area contributed by atoms with Crippen molar-refractivity contribution in [2.75, 3.05) is 0 Å². The van der Waals surface area contributed by atoms with E-state index in [-0.39, 0.29) is 5.52 Å². The smallest absolute Gasteiger partial charge is 0.252 e. The van der Waals surface area contributed by atoms with Crippen LogP contribution in [0, 0.1) is 0 Å². The molecule has 0 fully saturated rings. The molecule has 0 aliphatic rings. The van der Waals surface area contributed by atoms with Crippen LogP contribution in [0.2, 0.25) is 0 Å². The summed E-state index contributed by atoms with van der Waals surface area (Å²) in [6.07, 6.45) is 1.86. The molecule has 29 heavy (non-hydrogen) atoms. The molecule has 5 rings (SSSR count). The second kappa shape index (κ2) is 6.33. The Bertz CT molecular complexity index is 1360. The molecule has 4 heterocycles. The molecule has 0 spiro atoms. The van der Waals surface area contributed by atoms with Gasteiger partial charge >= 0.3 is 6.18 Å². The van der Waals surface area contributed by atoms with Gasteiger partial charge in [0, 0.05) is 23.3 Å². The van der Waals surface area contributed by atoms with Gasteiger partial charge in [-0.1, -0.05) is 12.1 Å². The molecular formula is C20H11F3N6. The van der Waals surface area contributed by atoms with E-state index >= 15 is 0 Å². The first-order valence-corrected chi connectivity index (χ1v) is 8.59. The minimum Gasteiger partial charge on any atom is -0.252 e. The van der Waals surface area contributed by atoms with E-state index in [1.54, 1.807) is 18.6 Å². The van der Waals surface area contributed by atoms with Gasteiger partial charge in [0.2, 0.25) is 0 Å². The molecule has 0 aliphatic heterocycles. The van der Waals surface area contributed by atoms with Crippen molar-refractivity contribution in [3.8, 4) is 17.1 Å². The highest BCUT2D eigenvalue weighted by molar-refractivity contribution is 5.85. The molecule has 0 saturated heterocycles. The number of halogens is 3. The van der Waals surface area contributed by atoms with Gasteiger partial charge in [-0.25, -0.2) is 19.6 Å². The molecule has 0 amide bonds. The first-order chi connectivity index (χ1) is 14.0. The van der Waals surface area contributed by atoms with Gasteiger partial charge in [-0.05, 0) is 30.3 Å². The van der Waals surface area contributed by atoms with Crippen LogP contribution in [0.3, 0.4) is 0 Å². The van der Waals surface area contributed by atoms with Crippen LogP contribution in [-0.4, -0.2) is 29.7 Å². The maximum atomic E-state index is 12.9. The van der Waals surface area contributed by atoms with E-state index in [9.17, 15) is 13.2 Å². The van der Waals surface area contributed by atoms with Gasteiger partial charge < -0.3 is 0 Å². The summed E-state index contributed by atoms with van der Waals surface area (Å²) < 4.78 is 40.3. The molecular weight excluding hydrogens is 381 g/mol. The fraction of sp³-hybridized carbons (Fsp3) is 0.0500. The van der Waals surface area contributed by atoms with Crippen LogP contribution in [0.1, 0.15) is 5.69 Å². The van der Waals surface area contributed by atoms with E-state index in [0.29, 0.717) is 22.5 Å². The van der Waals surface area contributed by atoms with Crippen LogP contribution in [0.5, 0.6) is 0 Å². The third-order valence-corrected chi connectivity index (χ3v) is 4.43. The molecule has 0 unspecified atom stereocenters. The van der Waals surface area contributed by atoms with Crippen molar-refractivity contribution in [3.63, 3.8) is 0 Å². The highest BCUT2D eigenvalue weighted by Gasteiger charge is 2.32. The van der Waals surface area contributed by atoms with E-state index in [0.717, 1.165) is 17.1 Å². The standard InChI is InChI=1S/C20H11F3N6/c21-20(22,23)18-6-5-13-14(28-18)7-8-24-19(13)29-11-12(9-26-29)17-10-25-15-3-1-2-4-16(15)27-17/h1-11H. The van der Waals surface area contributed by atoms with E-state index in [1.807, 2.05) is 24.3 Å². The average Bonchev–Trinajstić information content (AvgIpc) is 3.22. The number of hydrogen-bond donors (Lipinski definition) is 0. The van der Waals surface area contributed by atoms with Gasteiger partial charge in [0.15, 0.2) is 5.82 Å². The second-order valence-electron chi connectivity index (χ2n) is 6.31. The minimum absolute atomic E-state index is 0.187. The SMILES string of the molecule is FC(F)(F)c1ccc2c(-n3cc(-c4cnc5ccccc5n4)cn3)nccc2n1. The first kappa shape index (κ1) is 17.2. The van der Waals surface area contributed by atoms with Crippen LogP contribution >= 0.6 is 0 Å². The van der Waals surface area contributed by atoms with E-state index in [1.165, 1.54) is 23.0 Å². The highest BCUT2D eigenvalue weighted by Crippen LogP contribution is 2.30. The predicted octanol–water partition coefficient (Wildman–Crippen LogP) is 4.44. The Kier molecular flexibility index (Phi) is 3.76. The van der Waals surface area contributed by atoms with Gasteiger partial charge in [-0.2, -0.15) is 18.3 Å². The number of aromatic nitrogens is 6. The van der Waals surface area contributed by atoms with Crippen LogP contribution < -0.4 is 0 Å². The van der Waals surface area contributed by atoms with Crippen molar-refractivity contribution in [3.05, 3.63) is 72.9 Å². The summed E-state index contributed by atoms with van der Waals surface area (Å²) in [6, 6.07) is 11.2. The molecule has 0 saturated carbocycles. The van der Waals surface area contributed by atoms with Gasteiger partial charge in [0.25, 0.3) is 0 Å². The molecule has 6 nitrogen and oxygen atoms in total. The van der Waals surface area contributed by atoms with Crippen molar-refractivity contribution in [1.82, 2.24) is 29.7 Å². The number of nitrogens with zero attached hydrogens (tertiary/aromatic N) is 6. The number of para-hydroxylation sites is 2. The normalized spacial score (nSPS) is 12.0. The van der Waals surface area contributed by atoms with Gasteiger partial charge in [-0.3, -0.25) is 4.98 Å². The molecule has 4 aromatic heterocycles. The molecule has 0 radical (unpaired) electrons. The number of fused-ring (bicyclic) bond motifs is 2. The highest BCUT2D eigenvalue weighted by atomic mass is 19.4. The average molecular weight is 392 g/mol. The molecule has 0 aliphatic carbocycles. The van der Waals surface area contributed by atoms with Crippen molar-refractivity contribution in [1.29, 1.82) is 0 Å². The second-order valence-corrected chi connectivity index (χ2v) is 6.31. The predicted molar refractivity (Wildman–Crippen MR) is 100 cm³/mol. The fourth-order valence-electron chi connectivity index (χ4n) is 3.05. The van der Waals surface area contributed by atoms with Crippen LogP contribution in [0.25, 0.3) is 39.0 Å². The Hall–Kier alpha value is -3.88. The van der Waals surface area contributed by atoms with Crippen molar-refractivity contribution >= 4 is 21.9 Å². The minimum atomic E-state index is -4.51. The molecule has 9 heteroatoms. The zero-order chi connectivity index (χ0) is 20.0. The van der Waals surface area contributed by atoms with E-state index < -0.39 is 11.9 Å². The zero-order valence-corrected chi connectivity index (χ0v) is 14.7. The summed E-state index contributed by atoms with van der Waals surface area (Å²) >= 11 is 0. The molecule has 5 aromatic rings. The lowest BCUT2D eigenvalue weighted by atomic mass is 10.2. The fourth-order valence-corrected chi connectivity index (χ4v) is 3.05. The molecule has 0 bridgehead atoms. The van der Waals surface area contributed by atoms with Gasteiger partial charge in [0.1, 0.15) is 5.69 Å². The summed E-state index contributed by atoms with van der Waals surface area (Å²) in [7, 11) is 0. The van der Waals surface area contributed by atoms with Gasteiger partial charge in [-0.15, -0.1) is 0 Å². The Morgan fingerprint density at radius 3 is 2.45 bits per heavy atom. The quantitative estimate of drug-likeness (QED) is 0.444. The number of hydrogen-bond acceptors (Lipinski definition) is 5.